The van der Waals surface area contributed by atoms with Crippen LogP contribution in [0, 0.1) is 11.3 Å². The fourth-order valence-corrected chi connectivity index (χ4v) is 5.08. The first-order chi connectivity index (χ1) is 16.6. The molecule has 3 rings (SSSR count). The molecular weight excluding hydrogens is 512 g/mol. The summed E-state index contributed by atoms with van der Waals surface area (Å²) in [5.41, 5.74) is -0.551. The van der Waals surface area contributed by atoms with Crippen molar-refractivity contribution < 1.29 is 35.0 Å². The molecule has 1 aliphatic heterocycles. The average Bonchev–Trinajstić information content (AvgIpc) is 2.75. The number of rotatable bonds is 9. The van der Waals surface area contributed by atoms with Crippen molar-refractivity contribution in [2.24, 2.45) is 0 Å². The van der Waals surface area contributed by atoms with Gasteiger partial charge in [0.2, 0.25) is 0 Å². The van der Waals surface area contributed by atoms with Crippen LogP contribution in [0.25, 0.3) is 0 Å². The molecule has 0 saturated carbocycles. The van der Waals surface area contributed by atoms with Gasteiger partial charge in [0, 0.05) is 17.8 Å². The quantitative estimate of drug-likeness (QED) is 0.365. The van der Waals surface area contributed by atoms with E-state index >= 15 is 0 Å². The van der Waals surface area contributed by atoms with Gasteiger partial charge in [-0.15, -0.1) is 0 Å². The third kappa shape index (κ3) is 6.71. The third-order valence-corrected chi connectivity index (χ3v) is 6.86. The average molecular weight is 541 g/mol. The van der Waals surface area contributed by atoms with Crippen molar-refractivity contribution in [1.29, 1.82) is 5.26 Å². The number of benzene rings is 1. The van der Waals surface area contributed by atoms with Crippen LogP contribution in [0.2, 0.25) is 0 Å². The van der Waals surface area contributed by atoms with E-state index in [9.17, 15) is 32.0 Å². The Kier molecular flexibility index (Phi) is 7.97. The van der Waals surface area contributed by atoms with Gasteiger partial charge < -0.3 is 14.4 Å². The van der Waals surface area contributed by atoms with E-state index in [1.54, 1.807) is 32.0 Å². The molecule has 0 spiro atoms. The zero-order valence-electron chi connectivity index (χ0n) is 20.2. The van der Waals surface area contributed by atoms with Crippen molar-refractivity contribution in [2.75, 3.05) is 19.1 Å². The van der Waals surface area contributed by atoms with Crippen LogP contribution in [0.5, 0.6) is 5.75 Å². The van der Waals surface area contributed by atoms with Crippen LogP contribution in [0.1, 0.15) is 55.5 Å². The van der Waals surface area contributed by atoms with Gasteiger partial charge in [-0.05, 0) is 56.5 Å². The summed E-state index contributed by atoms with van der Waals surface area (Å²) in [7, 11) is -7.56. The maximum atomic E-state index is 13.2. The lowest BCUT2D eigenvalue weighted by Gasteiger charge is -2.42. The summed E-state index contributed by atoms with van der Waals surface area (Å²) in [6.45, 7) is 3.18. The summed E-state index contributed by atoms with van der Waals surface area (Å²) in [5.74, 6) is 0.425. The SMILES string of the molecule is CC1(C)Oc2ccc(C#N)cc2[C@@H](n2ccc(C(CCCOS(C)(=O)=O)OS(C)(=O)=O)cc2=O)[C@@H]1O. The summed E-state index contributed by atoms with van der Waals surface area (Å²) in [5, 5.41) is 20.4. The summed E-state index contributed by atoms with van der Waals surface area (Å²) in [6.07, 6.45) is 1.19. The second kappa shape index (κ2) is 10.3. The van der Waals surface area contributed by atoms with E-state index < -0.39 is 49.6 Å². The van der Waals surface area contributed by atoms with Crippen LogP contribution in [-0.2, 0) is 28.6 Å². The minimum atomic E-state index is -3.91. The smallest absolute Gasteiger partial charge is 0.264 e. The molecule has 0 amide bonds. The molecule has 1 unspecified atom stereocenters. The van der Waals surface area contributed by atoms with Crippen molar-refractivity contribution in [2.45, 2.75) is 50.5 Å². The molecule has 0 radical (unpaired) electrons. The van der Waals surface area contributed by atoms with Gasteiger partial charge in [-0.2, -0.15) is 22.1 Å². The number of ether oxygens (including phenoxy) is 1. The second-order valence-corrected chi connectivity index (χ2v) is 12.4. The number of nitriles is 1. The zero-order chi connectivity index (χ0) is 26.9. The Labute approximate surface area is 210 Å². The number of hydrogen-bond donors (Lipinski definition) is 1. The molecule has 3 atom stereocenters. The molecule has 0 bridgehead atoms. The topological polar surface area (TPSA) is 162 Å². The molecule has 0 aliphatic carbocycles. The molecule has 1 aromatic carbocycles. The van der Waals surface area contributed by atoms with Crippen LogP contribution in [0.15, 0.2) is 41.3 Å². The van der Waals surface area contributed by atoms with E-state index in [2.05, 4.69) is 0 Å². The fourth-order valence-electron chi connectivity index (χ4n) is 4.03. The Hall–Kier alpha value is -2.76. The minimum absolute atomic E-state index is 0.0628. The fraction of sp³-hybridized carbons (Fsp3) is 0.478. The Bertz CT molecular complexity index is 1440. The molecule has 2 heterocycles. The van der Waals surface area contributed by atoms with Gasteiger partial charge in [0.05, 0.1) is 36.8 Å². The van der Waals surface area contributed by atoms with Crippen LogP contribution in [0.4, 0.5) is 0 Å². The van der Waals surface area contributed by atoms with E-state index in [0.717, 1.165) is 12.5 Å². The Morgan fingerprint density at radius 1 is 1.17 bits per heavy atom. The van der Waals surface area contributed by atoms with Gasteiger partial charge in [0.15, 0.2) is 0 Å². The third-order valence-electron chi connectivity index (χ3n) is 5.68. The minimum Gasteiger partial charge on any atom is -0.485 e. The molecule has 11 nitrogen and oxygen atoms in total. The van der Waals surface area contributed by atoms with E-state index in [0.29, 0.717) is 16.9 Å². The molecule has 196 valence electrons. The number of nitrogens with zero attached hydrogens (tertiary/aromatic N) is 2. The normalized spacial score (nSPS) is 20.1. The van der Waals surface area contributed by atoms with Gasteiger partial charge in [-0.3, -0.25) is 13.2 Å². The lowest BCUT2D eigenvalue weighted by Crippen LogP contribution is -2.52. The van der Waals surface area contributed by atoms with Crippen LogP contribution in [-0.4, -0.2) is 57.3 Å². The summed E-state index contributed by atoms with van der Waals surface area (Å²) < 4.78 is 63.0. The lowest BCUT2D eigenvalue weighted by atomic mass is 9.85. The van der Waals surface area contributed by atoms with Crippen molar-refractivity contribution in [3.05, 3.63) is 63.6 Å². The molecule has 0 saturated heterocycles. The Morgan fingerprint density at radius 3 is 2.44 bits per heavy atom. The molecule has 0 fully saturated rings. The molecule has 1 aromatic heterocycles. The van der Waals surface area contributed by atoms with Crippen LogP contribution >= 0.6 is 0 Å². The highest BCUT2D eigenvalue weighted by molar-refractivity contribution is 7.86. The number of pyridine rings is 1. The number of aromatic nitrogens is 1. The lowest BCUT2D eigenvalue weighted by molar-refractivity contribution is -0.0643. The molecule has 36 heavy (non-hydrogen) atoms. The van der Waals surface area contributed by atoms with Crippen LogP contribution in [0.3, 0.4) is 0 Å². The van der Waals surface area contributed by atoms with E-state index in [1.807, 2.05) is 6.07 Å². The maximum absolute atomic E-state index is 13.2. The predicted molar refractivity (Wildman–Crippen MR) is 129 cm³/mol. The van der Waals surface area contributed by atoms with Crippen molar-refractivity contribution >= 4 is 20.2 Å². The molecule has 1 N–H and O–H groups in total. The largest absolute Gasteiger partial charge is 0.485 e. The Morgan fingerprint density at radius 2 is 1.86 bits per heavy atom. The number of aliphatic hydroxyl groups is 1. The van der Waals surface area contributed by atoms with E-state index in [1.165, 1.54) is 22.9 Å². The maximum Gasteiger partial charge on any atom is 0.264 e. The number of fused-ring (bicyclic) bond motifs is 1. The number of aliphatic hydroxyl groups excluding tert-OH is 1. The van der Waals surface area contributed by atoms with Gasteiger partial charge in [-0.1, -0.05) is 0 Å². The van der Waals surface area contributed by atoms with Crippen LogP contribution < -0.4 is 10.3 Å². The van der Waals surface area contributed by atoms with E-state index in [-0.39, 0.29) is 25.0 Å². The highest BCUT2D eigenvalue weighted by Gasteiger charge is 2.44. The van der Waals surface area contributed by atoms with Gasteiger partial charge in [0.25, 0.3) is 25.8 Å². The summed E-state index contributed by atoms with van der Waals surface area (Å²) in [4.78, 5) is 13.2. The first kappa shape index (κ1) is 27.8. The highest BCUT2D eigenvalue weighted by Crippen LogP contribution is 2.42. The van der Waals surface area contributed by atoms with Crippen molar-refractivity contribution in [1.82, 2.24) is 4.57 Å². The molecule has 2 aromatic rings. The summed E-state index contributed by atoms with van der Waals surface area (Å²) >= 11 is 0. The van der Waals surface area contributed by atoms with Gasteiger partial charge >= 0.3 is 0 Å². The standard InChI is InChI=1S/C23H28N2O9S2/c1-23(2)22(27)21(17-12-15(14-24)7-8-19(17)33-23)25-10-9-16(13-20(25)26)18(34-36(4,30)31)6-5-11-32-35(3,28)29/h7-10,12-13,18,21-22,27H,5-6,11H2,1-4H3/t18?,21-,22+/m1/s1. The highest BCUT2D eigenvalue weighted by atomic mass is 32.2. The molecular formula is C23H28N2O9S2. The Balaban J connectivity index is 1.98. The second-order valence-electron chi connectivity index (χ2n) is 9.12. The molecule has 1 aliphatic rings. The summed E-state index contributed by atoms with van der Waals surface area (Å²) in [6, 6.07) is 8.60. The first-order valence-corrected chi connectivity index (χ1v) is 14.6. The molecule has 13 heteroatoms. The van der Waals surface area contributed by atoms with Gasteiger partial charge in [0.1, 0.15) is 23.6 Å². The number of hydrogen-bond acceptors (Lipinski definition) is 10. The van der Waals surface area contributed by atoms with Crippen molar-refractivity contribution in [3.63, 3.8) is 0 Å². The zero-order valence-corrected chi connectivity index (χ0v) is 21.9. The van der Waals surface area contributed by atoms with E-state index in [4.69, 9.17) is 13.1 Å². The monoisotopic (exact) mass is 540 g/mol. The van der Waals surface area contributed by atoms with Gasteiger partial charge in [-0.25, -0.2) is 0 Å². The van der Waals surface area contributed by atoms with Crippen molar-refractivity contribution in [3.8, 4) is 11.8 Å². The predicted octanol–water partition coefficient (Wildman–Crippen LogP) is 1.61. The first-order valence-electron chi connectivity index (χ1n) is 11.0.